The molecule has 0 spiro atoms. The molecule has 5 nitrogen and oxygen atoms in total. The number of likely N-dealkylation sites (tertiary alicyclic amines) is 1. The van der Waals surface area contributed by atoms with Gasteiger partial charge in [0, 0.05) is 38.6 Å². The van der Waals surface area contributed by atoms with Gasteiger partial charge in [-0.3, -0.25) is 9.59 Å². The van der Waals surface area contributed by atoms with E-state index in [-0.39, 0.29) is 30.8 Å². The Balaban J connectivity index is 2.04. The van der Waals surface area contributed by atoms with E-state index >= 15 is 0 Å². The van der Waals surface area contributed by atoms with Gasteiger partial charge in [-0.25, -0.2) is 0 Å². The van der Waals surface area contributed by atoms with Gasteiger partial charge in [0.05, 0.1) is 5.92 Å². The van der Waals surface area contributed by atoms with Crippen molar-refractivity contribution in [2.24, 2.45) is 11.8 Å². The largest absolute Gasteiger partial charge is 0.406 e. The fourth-order valence-corrected chi connectivity index (χ4v) is 3.34. The lowest BCUT2D eigenvalue weighted by atomic mass is 9.97. The van der Waals surface area contributed by atoms with Crippen molar-refractivity contribution in [1.82, 2.24) is 14.7 Å². The highest BCUT2D eigenvalue weighted by atomic mass is 19.4. The third-order valence-corrected chi connectivity index (χ3v) is 4.61. The molecule has 23 heavy (non-hydrogen) atoms. The van der Waals surface area contributed by atoms with Crippen LogP contribution in [0.1, 0.15) is 20.3 Å². The lowest BCUT2D eigenvalue weighted by molar-refractivity contribution is -0.157. The van der Waals surface area contributed by atoms with Crippen LogP contribution in [-0.2, 0) is 9.59 Å². The summed E-state index contributed by atoms with van der Waals surface area (Å²) in [6, 6.07) is 0.0352. The van der Waals surface area contributed by atoms with Gasteiger partial charge in [0.15, 0.2) is 0 Å². The van der Waals surface area contributed by atoms with Gasteiger partial charge in [0.2, 0.25) is 11.8 Å². The molecule has 132 valence electrons. The number of nitrogens with zero attached hydrogens (tertiary/aromatic N) is 3. The van der Waals surface area contributed by atoms with E-state index in [1.165, 1.54) is 0 Å². The van der Waals surface area contributed by atoms with Crippen molar-refractivity contribution in [1.29, 1.82) is 0 Å². The number of carbonyl (C=O) groups is 2. The van der Waals surface area contributed by atoms with Crippen LogP contribution < -0.4 is 0 Å². The van der Waals surface area contributed by atoms with Crippen LogP contribution in [0.2, 0.25) is 0 Å². The molecule has 2 unspecified atom stereocenters. The summed E-state index contributed by atoms with van der Waals surface area (Å²) in [6.45, 7) is 4.69. The Kier molecular flexibility index (Phi) is 5.23. The Hall–Kier alpha value is -1.31. The molecule has 2 amide bonds. The zero-order valence-corrected chi connectivity index (χ0v) is 13.8. The number of halogens is 3. The lowest BCUT2D eigenvalue weighted by Crippen LogP contribution is -2.57. The molecule has 0 aliphatic carbocycles. The molecule has 0 N–H and O–H groups in total. The van der Waals surface area contributed by atoms with Crippen molar-refractivity contribution in [2.75, 3.05) is 39.8 Å². The SMILES string of the molecule is CC(C)C1CN(C)CCN1C(=O)C1CC(=O)N(CC(F)(F)F)C1. The lowest BCUT2D eigenvalue weighted by Gasteiger charge is -2.43. The maximum Gasteiger partial charge on any atom is 0.406 e. The Labute approximate surface area is 134 Å². The molecule has 0 saturated carbocycles. The van der Waals surface area contributed by atoms with Crippen molar-refractivity contribution in [3.8, 4) is 0 Å². The maximum atomic E-state index is 12.7. The van der Waals surface area contributed by atoms with Crippen LogP contribution in [0.25, 0.3) is 0 Å². The number of likely N-dealkylation sites (N-methyl/N-ethyl adjacent to an activating group) is 1. The molecular formula is C15H24F3N3O2. The van der Waals surface area contributed by atoms with Crippen LogP contribution in [0.4, 0.5) is 13.2 Å². The van der Waals surface area contributed by atoms with Crippen LogP contribution in [0.5, 0.6) is 0 Å². The molecule has 2 aliphatic rings. The third kappa shape index (κ3) is 4.37. The first-order valence-electron chi connectivity index (χ1n) is 7.92. The van der Waals surface area contributed by atoms with Crippen molar-refractivity contribution < 1.29 is 22.8 Å². The second-order valence-corrected chi connectivity index (χ2v) is 6.90. The van der Waals surface area contributed by atoms with Gasteiger partial charge in [0.25, 0.3) is 0 Å². The highest BCUT2D eigenvalue weighted by Gasteiger charge is 2.43. The number of rotatable bonds is 3. The van der Waals surface area contributed by atoms with E-state index in [4.69, 9.17) is 0 Å². The van der Waals surface area contributed by atoms with Gasteiger partial charge in [-0.1, -0.05) is 13.8 Å². The average molecular weight is 335 g/mol. The summed E-state index contributed by atoms with van der Waals surface area (Å²) in [7, 11) is 1.99. The molecule has 8 heteroatoms. The van der Waals surface area contributed by atoms with Crippen LogP contribution >= 0.6 is 0 Å². The average Bonchev–Trinajstić information content (AvgIpc) is 2.77. The molecular weight excluding hydrogens is 311 g/mol. The van der Waals surface area contributed by atoms with Crippen molar-refractivity contribution in [2.45, 2.75) is 32.5 Å². The van der Waals surface area contributed by atoms with Gasteiger partial charge < -0.3 is 14.7 Å². The van der Waals surface area contributed by atoms with Gasteiger partial charge in [0.1, 0.15) is 6.54 Å². The van der Waals surface area contributed by atoms with E-state index in [2.05, 4.69) is 4.90 Å². The Morgan fingerprint density at radius 2 is 1.91 bits per heavy atom. The summed E-state index contributed by atoms with van der Waals surface area (Å²) >= 11 is 0. The zero-order chi connectivity index (χ0) is 17.4. The molecule has 0 aromatic rings. The molecule has 2 atom stereocenters. The number of hydrogen-bond acceptors (Lipinski definition) is 3. The second-order valence-electron chi connectivity index (χ2n) is 6.90. The highest BCUT2D eigenvalue weighted by Crippen LogP contribution is 2.27. The Bertz CT molecular complexity index is 467. The molecule has 2 saturated heterocycles. The fourth-order valence-electron chi connectivity index (χ4n) is 3.34. The molecule has 2 fully saturated rings. The first-order valence-corrected chi connectivity index (χ1v) is 7.92. The zero-order valence-electron chi connectivity index (χ0n) is 13.8. The standard InChI is InChI=1S/C15H24F3N3O2/c1-10(2)12-8-19(3)4-5-21(12)14(23)11-6-13(22)20(7-11)9-15(16,17)18/h10-12H,4-9H2,1-3H3. The summed E-state index contributed by atoms with van der Waals surface area (Å²) < 4.78 is 37.4. The first-order chi connectivity index (χ1) is 10.6. The fraction of sp³-hybridized carbons (Fsp3) is 0.867. The van der Waals surface area contributed by atoms with Gasteiger partial charge in [-0.2, -0.15) is 13.2 Å². The van der Waals surface area contributed by atoms with Crippen molar-refractivity contribution in [3.63, 3.8) is 0 Å². The monoisotopic (exact) mass is 335 g/mol. The minimum atomic E-state index is -4.43. The molecule has 2 heterocycles. The number of hydrogen-bond donors (Lipinski definition) is 0. The minimum Gasteiger partial charge on any atom is -0.337 e. The van der Waals surface area contributed by atoms with Crippen molar-refractivity contribution in [3.05, 3.63) is 0 Å². The summed E-state index contributed by atoms with van der Waals surface area (Å²) in [4.78, 5) is 29.1. The summed E-state index contributed by atoms with van der Waals surface area (Å²) in [5.41, 5.74) is 0. The summed E-state index contributed by atoms with van der Waals surface area (Å²) in [5.74, 6) is -1.18. The van der Waals surface area contributed by atoms with Crippen LogP contribution in [-0.4, -0.2) is 78.5 Å². The van der Waals surface area contributed by atoms with E-state index in [0.717, 1.165) is 18.0 Å². The van der Waals surface area contributed by atoms with Crippen LogP contribution in [0, 0.1) is 11.8 Å². The Morgan fingerprint density at radius 1 is 1.26 bits per heavy atom. The second kappa shape index (κ2) is 6.67. The summed E-state index contributed by atoms with van der Waals surface area (Å²) in [6.07, 6.45) is -4.55. The number of alkyl halides is 3. The predicted octanol–water partition coefficient (Wildman–Crippen LogP) is 1.20. The van der Waals surface area contributed by atoms with Crippen LogP contribution in [0.3, 0.4) is 0 Å². The normalized spacial score (nSPS) is 27.2. The first kappa shape index (κ1) is 18.0. The maximum absolute atomic E-state index is 12.7. The van der Waals surface area contributed by atoms with Crippen LogP contribution in [0.15, 0.2) is 0 Å². The van der Waals surface area contributed by atoms with E-state index < -0.39 is 24.5 Å². The topological polar surface area (TPSA) is 43.9 Å². The highest BCUT2D eigenvalue weighted by molar-refractivity contribution is 5.89. The third-order valence-electron chi connectivity index (χ3n) is 4.61. The van der Waals surface area contributed by atoms with Crippen molar-refractivity contribution >= 4 is 11.8 Å². The molecule has 0 bridgehead atoms. The molecule has 0 aromatic carbocycles. The number of amides is 2. The van der Waals surface area contributed by atoms with E-state index in [1.54, 1.807) is 4.90 Å². The molecule has 2 aliphatic heterocycles. The smallest absolute Gasteiger partial charge is 0.337 e. The molecule has 2 rings (SSSR count). The van der Waals surface area contributed by atoms with E-state index in [9.17, 15) is 22.8 Å². The quantitative estimate of drug-likeness (QED) is 0.778. The predicted molar refractivity (Wildman–Crippen MR) is 78.6 cm³/mol. The molecule has 0 aromatic heterocycles. The van der Waals surface area contributed by atoms with Gasteiger partial charge >= 0.3 is 6.18 Å². The summed E-state index contributed by atoms with van der Waals surface area (Å²) in [5, 5.41) is 0. The van der Waals surface area contributed by atoms with Gasteiger partial charge in [-0.15, -0.1) is 0 Å². The minimum absolute atomic E-state index is 0.0352. The molecule has 0 radical (unpaired) electrons. The number of carbonyl (C=O) groups excluding carboxylic acids is 2. The Morgan fingerprint density at radius 3 is 2.48 bits per heavy atom. The van der Waals surface area contributed by atoms with E-state index in [0.29, 0.717) is 6.54 Å². The van der Waals surface area contributed by atoms with Gasteiger partial charge in [-0.05, 0) is 13.0 Å². The van der Waals surface area contributed by atoms with E-state index in [1.807, 2.05) is 20.9 Å². The number of piperazine rings is 1.